The summed E-state index contributed by atoms with van der Waals surface area (Å²) < 4.78 is 2.57. The molecule has 0 spiro atoms. The van der Waals surface area contributed by atoms with Crippen molar-refractivity contribution < 1.29 is 0 Å². The van der Waals surface area contributed by atoms with Gasteiger partial charge >= 0.3 is 0 Å². The Bertz CT molecular complexity index is 1680. The minimum Gasteiger partial charge on any atom is -0.310 e. The zero-order chi connectivity index (χ0) is 23.6. The highest BCUT2D eigenvalue weighted by Gasteiger charge is 2.45. The van der Waals surface area contributed by atoms with Crippen molar-refractivity contribution in [1.29, 1.82) is 0 Å². The van der Waals surface area contributed by atoms with Crippen LogP contribution in [0.25, 0.3) is 27.5 Å². The normalized spacial score (nSPS) is 15.5. The van der Waals surface area contributed by atoms with Crippen LogP contribution in [0.4, 0.5) is 0 Å². The van der Waals surface area contributed by atoms with Crippen molar-refractivity contribution in [1.82, 2.24) is 4.57 Å². The minimum absolute atomic E-state index is 0.0362. The Labute approximate surface area is 202 Å². The van der Waals surface area contributed by atoms with Crippen LogP contribution in [0.3, 0.4) is 0 Å². The van der Waals surface area contributed by atoms with Crippen LogP contribution in [-0.2, 0) is 10.8 Å². The fourth-order valence-corrected chi connectivity index (χ4v) is 6.84. The van der Waals surface area contributed by atoms with Crippen LogP contribution < -0.4 is 16.4 Å². The summed E-state index contributed by atoms with van der Waals surface area (Å²) in [5.41, 5.74) is 14.3. The number of fused-ring (bicyclic) bond motifs is 8. The molecule has 1 aromatic heterocycles. The highest BCUT2D eigenvalue weighted by Crippen LogP contribution is 2.42. The van der Waals surface area contributed by atoms with Crippen molar-refractivity contribution in [2.75, 3.05) is 0 Å². The fourth-order valence-electron chi connectivity index (χ4n) is 6.84. The van der Waals surface area contributed by atoms with Crippen molar-refractivity contribution in [3.63, 3.8) is 0 Å². The zero-order valence-corrected chi connectivity index (χ0v) is 21.0. The lowest BCUT2D eigenvalue weighted by molar-refractivity contribution is 0.591. The molecule has 7 rings (SSSR count). The lowest BCUT2D eigenvalue weighted by Crippen LogP contribution is -2.63. The number of aryl methyl sites for hydroxylation is 1. The molecule has 2 aliphatic heterocycles. The molecule has 166 valence electrons. The van der Waals surface area contributed by atoms with Crippen LogP contribution >= 0.6 is 0 Å². The van der Waals surface area contributed by atoms with Gasteiger partial charge < -0.3 is 4.57 Å². The first-order chi connectivity index (χ1) is 16.2. The maximum atomic E-state index is 2.57. The number of hydrogen-bond donors (Lipinski definition) is 0. The fraction of sp³-hybridized carbons (Fsp3) is 0.250. The number of rotatable bonds is 0. The molecule has 34 heavy (non-hydrogen) atoms. The van der Waals surface area contributed by atoms with Crippen LogP contribution in [0, 0.1) is 6.92 Å². The van der Waals surface area contributed by atoms with E-state index in [4.69, 9.17) is 0 Å². The van der Waals surface area contributed by atoms with E-state index in [0.29, 0.717) is 0 Å². The summed E-state index contributed by atoms with van der Waals surface area (Å²) in [6.07, 6.45) is 0. The summed E-state index contributed by atoms with van der Waals surface area (Å²) in [5, 5.41) is 2.81. The maximum Gasteiger partial charge on any atom is 0.247 e. The monoisotopic (exact) mass is 439 g/mol. The first-order valence-corrected chi connectivity index (χ1v) is 12.5. The van der Waals surface area contributed by atoms with Gasteiger partial charge in [0.2, 0.25) is 6.71 Å². The van der Waals surface area contributed by atoms with E-state index in [2.05, 4.69) is 119 Å². The van der Waals surface area contributed by atoms with Crippen LogP contribution in [0.15, 0.2) is 72.8 Å². The molecule has 0 fully saturated rings. The molecular weight excluding hydrogens is 409 g/mol. The van der Waals surface area contributed by atoms with E-state index in [1.165, 1.54) is 66.1 Å². The largest absolute Gasteiger partial charge is 0.310 e. The molecule has 0 saturated heterocycles. The number of aromatic nitrogens is 1. The third-order valence-electron chi connectivity index (χ3n) is 8.53. The maximum absolute atomic E-state index is 2.57. The molecular formula is C32H30BN. The van der Waals surface area contributed by atoms with E-state index >= 15 is 0 Å². The second-order valence-electron chi connectivity index (χ2n) is 11.9. The summed E-state index contributed by atoms with van der Waals surface area (Å²) in [5.74, 6) is 0. The molecule has 4 aromatic carbocycles. The Kier molecular flexibility index (Phi) is 3.70. The Morgan fingerprint density at radius 2 is 1.50 bits per heavy atom. The first-order valence-electron chi connectivity index (χ1n) is 12.5. The van der Waals surface area contributed by atoms with Crippen molar-refractivity contribution in [3.05, 3.63) is 95.1 Å². The van der Waals surface area contributed by atoms with Gasteiger partial charge in [-0.1, -0.05) is 94.7 Å². The van der Waals surface area contributed by atoms with Gasteiger partial charge in [0.05, 0.1) is 5.52 Å². The zero-order valence-electron chi connectivity index (χ0n) is 21.0. The van der Waals surface area contributed by atoms with E-state index in [1.807, 2.05) is 0 Å². The Morgan fingerprint density at radius 3 is 2.26 bits per heavy atom. The quantitative estimate of drug-likeness (QED) is 0.261. The molecule has 2 aliphatic rings. The van der Waals surface area contributed by atoms with Crippen molar-refractivity contribution in [2.24, 2.45) is 0 Å². The van der Waals surface area contributed by atoms with Gasteiger partial charge in [-0.3, -0.25) is 0 Å². The highest BCUT2D eigenvalue weighted by atomic mass is 15.0. The third kappa shape index (κ3) is 2.32. The summed E-state index contributed by atoms with van der Waals surface area (Å²) in [4.78, 5) is 0. The van der Waals surface area contributed by atoms with E-state index in [9.17, 15) is 0 Å². The summed E-state index contributed by atoms with van der Waals surface area (Å²) in [6, 6.07) is 27.9. The molecule has 1 nitrogen and oxygen atoms in total. The van der Waals surface area contributed by atoms with E-state index < -0.39 is 0 Å². The number of nitrogens with zero attached hydrogens (tertiary/aromatic N) is 1. The Balaban J connectivity index is 1.75. The SMILES string of the molecule is Cc1cc2c3c4c1c1cc(C(C)(C)C)ccc1n4-c1ccccc1B3c1ccccc1C2(C)C. The predicted octanol–water partition coefficient (Wildman–Crippen LogP) is 5.86. The van der Waals surface area contributed by atoms with Crippen LogP contribution in [0.5, 0.6) is 0 Å². The number of benzene rings is 4. The molecule has 3 heterocycles. The molecule has 0 N–H and O–H groups in total. The third-order valence-corrected chi connectivity index (χ3v) is 8.53. The second-order valence-corrected chi connectivity index (χ2v) is 11.9. The molecule has 0 saturated carbocycles. The highest BCUT2D eigenvalue weighted by molar-refractivity contribution is 6.99. The molecule has 0 unspecified atom stereocenters. The van der Waals surface area contributed by atoms with Crippen LogP contribution in [-0.4, -0.2) is 11.3 Å². The van der Waals surface area contributed by atoms with Crippen LogP contribution in [0.2, 0.25) is 0 Å². The van der Waals surface area contributed by atoms with Gasteiger partial charge in [-0.05, 0) is 63.7 Å². The molecule has 0 bridgehead atoms. The average molecular weight is 439 g/mol. The van der Waals surface area contributed by atoms with Crippen LogP contribution in [0.1, 0.15) is 56.9 Å². The van der Waals surface area contributed by atoms with Crippen molar-refractivity contribution in [2.45, 2.75) is 52.4 Å². The van der Waals surface area contributed by atoms with E-state index in [0.717, 1.165) is 0 Å². The summed E-state index contributed by atoms with van der Waals surface area (Å²) >= 11 is 0. The molecule has 0 atom stereocenters. The van der Waals surface area contributed by atoms with Gasteiger partial charge in [0.25, 0.3) is 0 Å². The summed E-state index contributed by atoms with van der Waals surface area (Å²) in [6.45, 7) is 14.3. The van der Waals surface area contributed by atoms with Gasteiger partial charge in [0.1, 0.15) is 0 Å². The summed E-state index contributed by atoms with van der Waals surface area (Å²) in [7, 11) is 0. The van der Waals surface area contributed by atoms with Crippen molar-refractivity contribution in [3.8, 4) is 5.69 Å². The van der Waals surface area contributed by atoms with E-state index in [1.54, 1.807) is 0 Å². The van der Waals surface area contributed by atoms with Gasteiger partial charge in [0, 0.05) is 27.4 Å². The second kappa shape index (κ2) is 6.24. The smallest absolute Gasteiger partial charge is 0.247 e. The standard InChI is InChI=1S/C32H30BN/c1-19-17-23-29-30-28(19)21-18-20(31(2,3)4)15-16-26(21)34(30)27-14-10-9-13-25(27)33(29)24-12-8-7-11-22(24)32(23,5)6/h7-18H,1-6H3. The number of para-hydroxylation sites is 1. The molecule has 0 amide bonds. The van der Waals surface area contributed by atoms with E-state index in [-0.39, 0.29) is 17.5 Å². The minimum atomic E-state index is -0.0362. The molecule has 0 radical (unpaired) electrons. The first kappa shape index (κ1) is 20.1. The predicted molar refractivity (Wildman–Crippen MR) is 147 cm³/mol. The average Bonchev–Trinajstić information content (AvgIpc) is 3.16. The van der Waals surface area contributed by atoms with Crippen molar-refractivity contribution >= 4 is 44.9 Å². The van der Waals surface area contributed by atoms with Gasteiger partial charge in [-0.2, -0.15) is 0 Å². The number of hydrogen-bond acceptors (Lipinski definition) is 0. The molecule has 0 aliphatic carbocycles. The van der Waals surface area contributed by atoms with Gasteiger partial charge in [-0.25, -0.2) is 0 Å². The molecule has 2 heteroatoms. The lowest BCUT2D eigenvalue weighted by atomic mass is 9.30. The van der Waals surface area contributed by atoms with Gasteiger partial charge in [-0.15, -0.1) is 0 Å². The topological polar surface area (TPSA) is 4.93 Å². The van der Waals surface area contributed by atoms with Gasteiger partial charge in [0.15, 0.2) is 0 Å². The lowest BCUT2D eigenvalue weighted by Gasteiger charge is -2.41. The Morgan fingerprint density at radius 1 is 0.794 bits per heavy atom. The molecule has 5 aromatic rings. The Hall–Kier alpha value is -3.26.